The monoisotopic (exact) mass is 467 g/mol. The third kappa shape index (κ3) is 3.61. The SMILES string of the molecule is COc1ccc(NC(=O)C2Oc3c(c(=O)oc4ccccc34)C2C2=Cc3ccccc3OC2)cc1. The Morgan fingerprint density at radius 3 is 2.60 bits per heavy atom. The van der Waals surface area contributed by atoms with Gasteiger partial charge in [0.1, 0.15) is 29.4 Å². The number of ether oxygens (including phenoxy) is 3. The first-order chi connectivity index (χ1) is 17.1. The van der Waals surface area contributed by atoms with E-state index in [0.29, 0.717) is 33.7 Å². The molecule has 3 aromatic carbocycles. The third-order valence-electron chi connectivity index (χ3n) is 6.33. The summed E-state index contributed by atoms with van der Waals surface area (Å²) < 4.78 is 23.0. The van der Waals surface area contributed by atoms with Crippen molar-refractivity contribution in [1.82, 2.24) is 0 Å². The van der Waals surface area contributed by atoms with Crippen molar-refractivity contribution >= 4 is 28.6 Å². The molecule has 2 unspecified atom stereocenters. The van der Waals surface area contributed by atoms with Crippen LogP contribution in [0, 0.1) is 0 Å². The van der Waals surface area contributed by atoms with Crippen LogP contribution in [0.15, 0.2) is 87.6 Å². The molecule has 7 nitrogen and oxygen atoms in total. The number of rotatable bonds is 4. The lowest BCUT2D eigenvalue weighted by molar-refractivity contribution is -0.122. The van der Waals surface area contributed by atoms with E-state index >= 15 is 0 Å². The summed E-state index contributed by atoms with van der Waals surface area (Å²) in [5.41, 5.74) is 2.44. The van der Waals surface area contributed by atoms with Crippen LogP contribution in [-0.2, 0) is 4.79 Å². The first-order valence-electron chi connectivity index (χ1n) is 11.2. The summed E-state index contributed by atoms with van der Waals surface area (Å²) in [6.07, 6.45) is 0.977. The van der Waals surface area contributed by atoms with E-state index in [4.69, 9.17) is 18.6 Å². The van der Waals surface area contributed by atoms with E-state index in [1.165, 1.54) is 0 Å². The molecule has 1 aromatic heterocycles. The smallest absolute Gasteiger partial charge is 0.344 e. The molecule has 1 amide bonds. The summed E-state index contributed by atoms with van der Waals surface area (Å²) in [5, 5.41) is 3.55. The van der Waals surface area contributed by atoms with Gasteiger partial charge in [0.05, 0.1) is 24.0 Å². The van der Waals surface area contributed by atoms with Gasteiger partial charge in [-0.25, -0.2) is 4.79 Å². The van der Waals surface area contributed by atoms with E-state index in [-0.39, 0.29) is 12.5 Å². The van der Waals surface area contributed by atoms with Crippen molar-refractivity contribution in [2.24, 2.45) is 0 Å². The topological polar surface area (TPSA) is 87.0 Å². The fourth-order valence-corrected chi connectivity index (χ4v) is 4.66. The highest BCUT2D eigenvalue weighted by molar-refractivity contribution is 5.98. The van der Waals surface area contributed by atoms with Crippen molar-refractivity contribution in [3.05, 3.63) is 99.9 Å². The molecule has 4 aromatic rings. The first-order valence-corrected chi connectivity index (χ1v) is 11.2. The van der Waals surface area contributed by atoms with Crippen LogP contribution in [0.25, 0.3) is 17.0 Å². The molecule has 2 aliphatic rings. The molecular formula is C28H21NO6. The van der Waals surface area contributed by atoms with E-state index in [0.717, 1.165) is 16.9 Å². The maximum atomic E-state index is 13.5. The molecule has 0 saturated heterocycles. The number of benzene rings is 3. The van der Waals surface area contributed by atoms with Crippen LogP contribution >= 0.6 is 0 Å². The summed E-state index contributed by atoms with van der Waals surface area (Å²) in [7, 11) is 1.58. The summed E-state index contributed by atoms with van der Waals surface area (Å²) in [6, 6.07) is 21.8. The van der Waals surface area contributed by atoms with Gasteiger partial charge in [0.2, 0.25) is 0 Å². The van der Waals surface area contributed by atoms with Crippen LogP contribution in [0.4, 0.5) is 5.69 Å². The Bertz CT molecular complexity index is 1540. The number of fused-ring (bicyclic) bond motifs is 4. The van der Waals surface area contributed by atoms with Gasteiger partial charge in [0, 0.05) is 11.3 Å². The predicted molar refractivity (Wildman–Crippen MR) is 131 cm³/mol. The van der Waals surface area contributed by atoms with Gasteiger partial charge >= 0.3 is 5.63 Å². The van der Waals surface area contributed by atoms with Crippen molar-refractivity contribution in [3.63, 3.8) is 0 Å². The number of nitrogens with one attached hydrogen (secondary N) is 1. The molecule has 0 bridgehead atoms. The molecule has 0 spiro atoms. The summed E-state index contributed by atoms with van der Waals surface area (Å²) >= 11 is 0. The van der Waals surface area contributed by atoms with Crippen molar-refractivity contribution in [3.8, 4) is 17.2 Å². The van der Waals surface area contributed by atoms with E-state index in [1.807, 2.05) is 42.5 Å². The van der Waals surface area contributed by atoms with Crippen LogP contribution in [0.3, 0.4) is 0 Å². The molecule has 0 fully saturated rings. The fraction of sp³-hybridized carbons (Fsp3) is 0.143. The molecule has 7 heteroatoms. The predicted octanol–water partition coefficient (Wildman–Crippen LogP) is 4.76. The Balaban J connectivity index is 1.45. The molecule has 3 heterocycles. The van der Waals surface area contributed by atoms with Gasteiger partial charge in [0.15, 0.2) is 6.10 Å². The highest BCUT2D eigenvalue weighted by atomic mass is 16.5. The van der Waals surface area contributed by atoms with Gasteiger partial charge in [0.25, 0.3) is 5.91 Å². The minimum atomic E-state index is -0.985. The van der Waals surface area contributed by atoms with Gasteiger partial charge in [-0.1, -0.05) is 30.3 Å². The molecule has 2 atom stereocenters. The van der Waals surface area contributed by atoms with Gasteiger partial charge in [-0.3, -0.25) is 4.79 Å². The maximum Gasteiger partial charge on any atom is 0.344 e. The number of carbonyl (C=O) groups is 1. The van der Waals surface area contributed by atoms with Crippen LogP contribution in [0.2, 0.25) is 0 Å². The van der Waals surface area contributed by atoms with Gasteiger partial charge in [-0.05, 0) is 54.1 Å². The van der Waals surface area contributed by atoms with E-state index in [2.05, 4.69) is 5.32 Å². The molecule has 0 saturated carbocycles. The second-order valence-electron chi connectivity index (χ2n) is 8.41. The number of anilines is 1. The lowest BCUT2D eigenvalue weighted by Crippen LogP contribution is -2.37. The summed E-state index contributed by atoms with van der Waals surface area (Å²) in [4.78, 5) is 26.7. The average Bonchev–Trinajstić information content (AvgIpc) is 3.31. The van der Waals surface area contributed by atoms with Crippen molar-refractivity contribution < 1.29 is 23.4 Å². The minimum absolute atomic E-state index is 0.225. The molecule has 0 radical (unpaired) electrons. The number of hydrogen-bond donors (Lipinski definition) is 1. The molecule has 6 rings (SSSR count). The number of methoxy groups -OCH3 is 1. The quantitative estimate of drug-likeness (QED) is 0.436. The van der Waals surface area contributed by atoms with Crippen LogP contribution in [0.1, 0.15) is 17.0 Å². The Morgan fingerprint density at radius 1 is 1.00 bits per heavy atom. The van der Waals surface area contributed by atoms with Crippen LogP contribution < -0.4 is 25.2 Å². The third-order valence-corrected chi connectivity index (χ3v) is 6.33. The maximum absolute atomic E-state index is 13.5. The van der Waals surface area contributed by atoms with Crippen molar-refractivity contribution in [1.29, 1.82) is 0 Å². The Morgan fingerprint density at radius 2 is 1.77 bits per heavy atom. The molecule has 0 aliphatic carbocycles. The van der Waals surface area contributed by atoms with E-state index in [1.54, 1.807) is 43.5 Å². The molecule has 1 N–H and O–H groups in total. The van der Waals surface area contributed by atoms with Gasteiger partial charge < -0.3 is 23.9 Å². The highest BCUT2D eigenvalue weighted by Crippen LogP contribution is 2.46. The number of amides is 1. The van der Waals surface area contributed by atoms with Crippen LogP contribution in [0.5, 0.6) is 17.2 Å². The Kier molecular flexibility index (Phi) is 5.03. The number of para-hydroxylation sites is 2. The largest absolute Gasteiger partial charge is 0.497 e. The zero-order chi connectivity index (χ0) is 23.9. The summed E-state index contributed by atoms with van der Waals surface area (Å²) in [5.74, 6) is 0.756. The van der Waals surface area contributed by atoms with Crippen LogP contribution in [-0.4, -0.2) is 25.7 Å². The van der Waals surface area contributed by atoms with Crippen molar-refractivity contribution in [2.45, 2.75) is 12.0 Å². The summed E-state index contributed by atoms with van der Waals surface area (Å²) in [6.45, 7) is 0.225. The normalized spacial score (nSPS) is 18.0. The Labute approximate surface area is 200 Å². The lowest BCUT2D eigenvalue weighted by atomic mass is 9.86. The average molecular weight is 467 g/mol. The molecule has 35 heavy (non-hydrogen) atoms. The molecule has 2 aliphatic heterocycles. The van der Waals surface area contributed by atoms with E-state index < -0.39 is 17.6 Å². The minimum Gasteiger partial charge on any atom is -0.497 e. The first kappa shape index (κ1) is 21.0. The molecule has 174 valence electrons. The van der Waals surface area contributed by atoms with Gasteiger partial charge in [-0.2, -0.15) is 0 Å². The van der Waals surface area contributed by atoms with E-state index in [9.17, 15) is 9.59 Å². The lowest BCUT2D eigenvalue weighted by Gasteiger charge is -2.25. The van der Waals surface area contributed by atoms with Gasteiger partial charge in [-0.15, -0.1) is 0 Å². The fourth-order valence-electron chi connectivity index (χ4n) is 4.66. The zero-order valence-electron chi connectivity index (χ0n) is 18.8. The second kappa shape index (κ2) is 8.36. The van der Waals surface area contributed by atoms with Crippen molar-refractivity contribution in [2.75, 3.05) is 19.0 Å². The number of carbonyl (C=O) groups excluding carboxylic acids is 1. The zero-order valence-corrected chi connectivity index (χ0v) is 18.8. The molecular weight excluding hydrogens is 446 g/mol. The highest BCUT2D eigenvalue weighted by Gasteiger charge is 2.45. The standard InChI is InChI=1S/C28H21NO6/c1-32-19-12-10-18(11-13-19)29-27(30)26-23(17-14-16-6-2-4-8-21(16)33-15-17)24-25(35-26)20-7-3-5-9-22(20)34-28(24)31/h2-14,23,26H,15H2,1H3,(H,29,30). The second-order valence-corrected chi connectivity index (χ2v) is 8.41. The Hall–Kier alpha value is -4.52. The number of hydrogen-bond acceptors (Lipinski definition) is 6.